The first-order chi connectivity index (χ1) is 6.97. The van der Waals surface area contributed by atoms with Crippen LogP contribution in [-0.4, -0.2) is 40.8 Å². The first-order valence-electron chi connectivity index (χ1n) is 4.90. The number of carboxylic acid groups (broad SMARTS) is 1. The molecule has 0 aliphatic rings. The number of hydrogen-bond donors (Lipinski definition) is 4. The molecule has 2 atom stereocenters. The number of rotatable bonds is 7. The highest BCUT2D eigenvalue weighted by molar-refractivity contribution is 5.78. The number of carbonyl (C=O) groups excluding carboxylic acids is 1. The molecule has 0 spiro atoms. The van der Waals surface area contributed by atoms with Gasteiger partial charge in [0.15, 0.2) is 6.10 Å². The first-order valence-corrected chi connectivity index (χ1v) is 4.90. The lowest BCUT2D eigenvalue weighted by molar-refractivity contribution is -0.146. The molecule has 1 amide bonds. The Morgan fingerprint density at radius 2 is 2.07 bits per heavy atom. The number of aliphatic carboxylic acids is 1. The van der Waals surface area contributed by atoms with Crippen LogP contribution in [0.4, 0.5) is 0 Å². The third-order valence-corrected chi connectivity index (χ3v) is 1.88. The van der Waals surface area contributed by atoms with Gasteiger partial charge in [-0.1, -0.05) is 13.3 Å². The molecule has 15 heavy (non-hydrogen) atoms. The van der Waals surface area contributed by atoms with Gasteiger partial charge in [-0.15, -0.1) is 0 Å². The molecule has 0 aromatic rings. The zero-order valence-electron chi connectivity index (χ0n) is 8.77. The number of amides is 1. The average Bonchev–Trinajstić information content (AvgIpc) is 2.14. The fourth-order valence-electron chi connectivity index (χ4n) is 1.08. The molecular formula is C9H18N2O4. The third kappa shape index (κ3) is 6.87. The fourth-order valence-corrected chi connectivity index (χ4v) is 1.08. The summed E-state index contributed by atoms with van der Waals surface area (Å²) in [5, 5.41) is 19.5. The predicted molar refractivity (Wildman–Crippen MR) is 54.2 cm³/mol. The van der Waals surface area contributed by atoms with E-state index >= 15 is 0 Å². The Hall–Kier alpha value is -1.14. The SMILES string of the molecule is CCCC(N)CC(=O)NCC(O)C(=O)O. The van der Waals surface area contributed by atoms with Gasteiger partial charge < -0.3 is 21.3 Å². The summed E-state index contributed by atoms with van der Waals surface area (Å²) in [6.45, 7) is 1.68. The maximum atomic E-state index is 11.2. The lowest BCUT2D eigenvalue weighted by Crippen LogP contribution is -2.38. The van der Waals surface area contributed by atoms with Gasteiger partial charge in [0, 0.05) is 12.5 Å². The second-order valence-electron chi connectivity index (χ2n) is 3.41. The number of carboxylic acids is 1. The summed E-state index contributed by atoms with van der Waals surface area (Å²) >= 11 is 0. The van der Waals surface area contributed by atoms with Gasteiger partial charge in [0.2, 0.25) is 5.91 Å². The predicted octanol–water partition coefficient (Wildman–Crippen LogP) is -0.934. The minimum absolute atomic E-state index is 0.153. The lowest BCUT2D eigenvalue weighted by atomic mass is 10.1. The van der Waals surface area contributed by atoms with E-state index in [4.69, 9.17) is 15.9 Å². The van der Waals surface area contributed by atoms with Crippen molar-refractivity contribution in [1.29, 1.82) is 0 Å². The van der Waals surface area contributed by atoms with Crippen molar-refractivity contribution in [1.82, 2.24) is 5.32 Å². The van der Waals surface area contributed by atoms with Crippen LogP contribution < -0.4 is 11.1 Å². The van der Waals surface area contributed by atoms with Crippen LogP contribution in [0.2, 0.25) is 0 Å². The molecule has 0 saturated carbocycles. The van der Waals surface area contributed by atoms with Crippen molar-refractivity contribution in [2.24, 2.45) is 5.73 Å². The summed E-state index contributed by atoms with van der Waals surface area (Å²) in [6, 6.07) is -0.211. The molecule has 0 aliphatic heterocycles. The van der Waals surface area contributed by atoms with Gasteiger partial charge in [-0.3, -0.25) is 4.79 Å². The van der Waals surface area contributed by atoms with Crippen molar-refractivity contribution in [2.45, 2.75) is 38.3 Å². The van der Waals surface area contributed by atoms with Crippen molar-refractivity contribution >= 4 is 11.9 Å². The summed E-state index contributed by atoms with van der Waals surface area (Å²) in [5.74, 6) is -1.69. The quantitative estimate of drug-likeness (QED) is 0.441. The minimum Gasteiger partial charge on any atom is -0.479 e. The van der Waals surface area contributed by atoms with Crippen LogP contribution in [0.3, 0.4) is 0 Å². The van der Waals surface area contributed by atoms with Crippen molar-refractivity contribution in [2.75, 3.05) is 6.54 Å². The van der Waals surface area contributed by atoms with Crippen LogP contribution in [0.5, 0.6) is 0 Å². The maximum absolute atomic E-state index is 11.2. The first kappa shape index (κ1) is 13.9. The van der Waals surface area contributed by atoms with Crippen LogP contribution in [0.25, 0.3) is 0 Å². The van der Waals surface area contributed by atoms with E-state index < -0.39 is 12.1 Å². The summed E-state index contributed by atoms with van der Waals surface area (Å²) in [4.78, 5) is 21.4. The highest BCUT2D eigenvalue weighted by Gasteiger charge is 2.15. The van der Waals surface area contributed by atoms with Gasteiger partial charge in [-0.25, -0.2) is 4.79 Å². The Labute approximate surface area is 88.5 Å². The normalized spacial score (nSPS) is 14.3. The van der Waals surface area contributed by atoms with Crippen LogP contribution in [-0.2, 0) is 9.59 Å². The highest BCUT2D eigenvalue weighted by Crippen LogP contribution is 1.97. The van der Waals surface area contributed by atoms with Gasteiger partial charge in [0.1, 0.15) is 0 Å². The molecule has 88 valence electrons. The number of nitrogens with one attached hydrogen (secondary N) is 1. The van der Waals surface area contributed by atoms with Gasteiger partial charge in [0.05, 0.1) is 6.54 Å². The van der Waals surface area contributed by atoms with E-state index in [2.05, 4.69) is 5.32 Å². The maximum Gasteiger partial charge on any atom is 0.334 e. The summed E-state index contributed by atoms with van der Waals surface area (Å²) in [6.07, 6.45) is 0.234. The molecular weight excluding hydrogens is 200 g/mol. The smallest absolute Gasteiger partial charge is 0.334 e. The number of hydrogen-bond acceptors (Lipinski definition) is 4. The largest absolute Gasteiger partial charge is 0.479 e. The number of carbonyl (C=O) groups is 2. The summed E-state index contributed by atoms with van der Waals surface area (Å²) < 4.78 is 0. The van der Waals surface area contributed by atoms with Crippen LogP contribution in [0, 0.1) is 0 Å². The number of aliphatic hydroxyl groups is 1. The van der Waals surface area contributed by atoms with E-state index in [1.807, 2.05) is 6.92 Å². The van der Waals surface area contributed by atoms with Gasteiger partial charge in [0.25, 0.3) is 0 Å². The molecule has 5 N–H and O–H groups in total. The Balaban J connectivity index is 3.70. The van der Waals surface area contributed by atoms with E-state index in [9.17, 15) is 9.59 Å². The monoisotopic (exact) mass is 218 g/mol. The molecule has 0 saturated heterocycles. The molecule has 0 bridgehead atoms. The topological polar surface area (TPSA) is 113 Å². The average molecular weight is 218 g/mol. The molecule has 2 unspecified atom stereocenters. The van der Waals surface area contributed by atoms with Crippen molar-refractivity contribution in [3.63, 3.8) is 0 Å². The Kier molecular flexibility index (Phi) is 6.64. The lowest BCUT2D eigenvalue weighted by Gasteiger charge is -2.11. The molecule has 0 aliphatic carbocycles. The van der Waals surface area contributed by atoms with Gasteiger partial charge >= 0.3 is 5.97 Å². The van der Waals surface area contributed by atoms with E-state index in [-0.39, 0.29) is 24.9 Å². The van der Waals surface area contributed by atoms with E-state index in [0.717, 1.165) is 12.8 Å². The molecule has 0 aromatic carbocycles. The molecule has 0 rings (SSSR count). The molecule has 0 aromatic heterocycles. The van der Waals surface area contributed by atoms with Crippen LogP contribution in [0.1, 0.15) is 26.2 Å². The zero-order chi connectivity index (χ0) is 11.8. The van der Waals surface area contributed by atoms with E-state index in [1.165, 1.54) is 0 Å². The Morgan fingerprint density at radius 3 is 2.53 bits per heavy atom. The fraction of sp³-hybridized carbons (Fsp3) is 0.778. The standard InChI is InChI=1S/C9H18N2O4/c1-2-3-6(10)4-8(13)11-5-7(12)9(14)15/h6-7,12H,2-5,10H2,1H3,(H,11,13)(H,14,15). The minimum atomic E-state index is -1.56. The Morgan fingerprint density at radius 1 is 1.47 bits per heavy atom. The number of aliphatic hydroxyl groups excluding tert-OH is 1. The number of nitrogens with two attached hydrogens (primary N) is 1. The molecule has 0 heterocycles. The second-order valence-corrected chi connectivity index (χ2v) is 3.41. The van der Waals surface area contributed by atoms with E-state index in [0.29, 0.717) is 0 Å². The molecule has 0 radical (unpaired) electrons. The van der Waals surface area contributed by atoms with Gasteiger partial charge in [-0.05, 0) is 6.42 Å². The third-order valence-electron chi connectivity index (χ3n) is 1.88. The van der Waals surface area contributed by atoms with Crippen molar-refractivity contribution < 1.29 is 19.8 Å². The highest BCUT2D eigenvalue weighted by atomic mass is 16.4. The van der Waals surface area contributed by atoms with Crippen LogP contribution >= 0.6 is 0 Å². The Bertz CT molecular complexity index is 220. The summed E-state index contributed by atoms with van der Waals surface area (Å²) in [5.41, 5.74) is 5.61. The molecule has 0 fully saturated rings. The molecule has 6 heteroatoms. The van der Waals surface area contributed by atoms with Crippen molar-refractivity contribution in [3.8, 4) is 0 Å². The van der Waals surface area contributed by atoms with Crippen LogP contribution in [0.15, 0.2) is 0 Å². The molecule has 6 nitrogen and oxygen atoms in total. The van der Waals surface area contributed by atoms with E-state index in [1.54, 1.807) is 0 Å². The summed E-state index contributed by atoms with van der Waals surface area (Å²) in [7, 11) is 0. The zero-order valence-corrected chi connectivity index (χ0v) is 8.77. The van der Waals surface area contributed by atoms with Gasteiger partial charge in [-0.2, -0.15) is 0 Å². The van der Waals surface area contributed by atoms with Crippen molar-refractivity contribution in [3.05, 3.63) is 0 Å². The second kappa shape index (κ2) is 7.19.